The third-order valence-electron chi connectivity index (χ3n) is 3.40. The summed E-state index contributed by atoms with van der Waals surface area (Å²) in [6.07, 6.45) is 0.676. The summed E-state index contributed by atoms with van der Waals surface area (Å²) in [5, 5.41) is 3.35. The molecule has 3 rings (SSSR count). The molecule has 5 nitrogen and oxygen atoms in total. The number of hydrogen-bond acceptors (Lipinski definition) is 5. The van der Waals surface area contributed by atoms with Gasteiger partial charge in [0.1, 0.15) is 5.75 Å². The highest BCUT2D eigenvalue weighted by Gasteiger charge is 2.09. The molecule has 25 heavy (non-hydrogen) atoms. The number of nitrogens with zero attached hydrogens (tertiary/aromatic N) is 2. The van der Waals surface area contributed by atoms with Crippen molar-refractivity contribution in [2.45, 2.75) is 26.3 Å². The molecule has 128 valence electrons. The van der Waals surface area contributed by atoms with Gasteiger partial charge in [0.2, 0.25) is 0 Å². The van der Waals surface area contributed by atoms with E-state index in [4.69, 9.17) is 4.74 Å². The van der Waals surface area contributed by atoms with Crippen LogP contribution >= 0.6 is 11.5 Å². The summed E-state index contributed by atoms with van der Waals surface area (Å²) < 4.78 is 10.1. The second-order valence-corrected chi connectivity index (χ2v) is 6.61. The Morgan fingerprint density at radius 2 is 1.84 bits per heavy atom. The Labute approximate surface area is 150 Å². The van der Waals surface area contributed by atoms with Gasteiger partial charge in [-0.25, -0.2) is 0 Å². The molecule has 0 aliphatic rings. The fraction of sp³-hybridized carbons (Fsp3) is 0.211. The van der Waals surface area contributed by atoms with Crippen LogP contribution in [0, 0.1) is 0 Å². The van der Waals surface area contributed by atoms with E-state index in [-0.39, 0.29) is 11.9 Å². The summed E-state index contributed by atoms with van der Waals surface area (Å²) in [6.45, 7) is 3.86. The first-order chi connectivity index (χ1) is 12.1. The second-order valence-electron chi connectivity index (χ2n) is 5.89. The van der Waals surface area contributed by atoms with Crippen LogP contribution in [0.25, 0.3) is 0 Å². The summed E-state index contributed by atoms with van der Waals surface area (Å²) in [5.41, 5.74) is 1.76. The molecule has 0 aliphatic heterocycles. The molecule has 1 aromatic heterocycles. The molecule has 0 aliphatic carbocycles. The molecule has 0 saturated carbocycles. The SMILES string of the molecule is CC(C)NC(=O)c1ccc(Oc2nc(Cc3ccccc3)ns2)cc1. The normalized spacial score (nSPS) is 10.7. The Morgan fingerprint density at radius 1 is 1.12 bits per heavy atom. The number of carbonyl (C=O) groups excluding carboxylic acids is 1. The number of amides is 1. The zero-order valence-corrected chi connectivity index (χ0v) is 14.9. The molecule has 0 fully saturated rings. The Morgan fingerprint density at radius 3 is 2.52 bits per heavy atom. The maximum Gasteiger partial charge on any atom is 0.298 e. The molecule has 1 heterocycles. The predicted molar refractivity (Wildman–Crippen MR) is 98.3 cm³/mol. The molecule has 1 N–H and O–H groups in total. The zero-order chi connectivity index (χ0) is 17.6. The average molecular weight is 353 g/mol. The highest BCUT2D eigenvalue weighted by atomic mass is 32.1. The van der Waals surface area contributed by atoms with Crippen molar-refractivity contribution >= 4 is 17.4 Å². The molecule has 3 aromatic rings. The van der Waals surface area contributed by atoms with Gasteiger partial charge in [-0.1, -0.05) is 30.3 Å². The van der Waals surface area contributed by atoms with Gasteiger partial charge in [0.25, 0.3) is 11.1 Å². The van der Waals surface area contributed by atoms with Crippen LogP contribution in [0.2, 0.25) is 0 Å². The minimum Gasteiger partial charge on any atom is -0.430 e. The summed E-state index contributed by atoms with van der Waals surface area (Å²) in [6, 6.07) is 17.2. The van der Waals surface area contributed by atoms with Crippen LogP contribution < -0.4 is 10.1 Å². The highest BCUT2D eigenvalue weighted by molar-refractivity contribution is 7.07. The van der Waals surface area contributed by atoms with Crippen molar-refractivity contribution in [3.63, 3.8) is 0 Å². The average Bonchev–Trinajstić information content (AvgIpc) is 3.02. The molecule has 6 heteroatoms. The minimum absolute atomic E-state index is 0.0948. The van der Waals surface area contributed by atoms with E-state index in [1.807, 2.05) is 44.2 Å². The van der Waals surface area contributed by atoms with Gasteiger partial charge >= 0.3 is 0 Å². The van der Waals surface area contributed by atoms with Crippen molar-refractivity contribution in [1.29, 1.82) is 0 Å². The van der Waals surface area contributed by atoms with E-state index < -0.39 is 0 Å². The molecular weight excluding hydrogens is 334 g/mol. The van der Waals surface area contributed by atoms with E-state index in [0.29, 0.717) is 22.9 Å². The van der Waals surface area contributed by atoms with Crippen molar-refractivity contribution in [1.82, 2.24) is 14.7 Å². The molecule has 0 radical (unpaired) electrons. The van der Waals surface area contributed by atoms with Crippen molar-refractivity contribution in [3.8, 4) is 10.9 Å². The molecule has 0 saturated heterocycles. The number of hydrogen-bond donors (Lipinski definition) is 1. The van der Waals surface area contributed by atoms with Crippen molar-refractivity contribution in [3.05, 3.63) is 71.5 Å². The molecule has 1 amide bonds. The summed E-state index contributed by atoms with van der Waals surface area (Å²) in [4.78, 5) is 16.3. The number of ether oxygens (including phenoxy) is 1. The van der Waals surface area contributed by atoms with Gasteiger partial charge in [-0.2, -0.15) is 9.36 Å². The Kier molecular flexibility index (Phi) is 5.40. The van der Waals surface area contributed by atoms with Crippen molar-refractivity contribution < 1.29 is 9.53 Å². The Hall–Kier alpha value is -2.73. The minimum atomic E-state index is -0.0948. The summed E-state index contributed by atoms with van der Waals surface area (Å²) in [7, 11) is 0. The van der Waals surface area contributed by atoms with Gasteiger partial charge in [-0.05, 0) is 43.7 Å². The first-order valence-electron chi connectivity index (χ1n) is 8.05. The van der Waals surface area contributed by atoms with Crippen molar-refractivity contribution in [2.75, 3.05) is 0 Å². The maximum absolute atomic E-state index is 11.9. The van der Waals surface area contributed by atoms with Crippen molar-refractivity contribution in [2.24, 2.45) is 0 Å². The van der Waals surface area contributed by atoms with Gasteiger partial charge in [-0.15, -0.1) is 0 Å². The predicted octanol–water partition coefficient (Wildman–Crippen LogP) is 4.06. The van der Waals surface area contributed by atoms with Crippen LogP contribution in [0.4, 0.5) is 0 Å². The number of aromatic nitrogens is 2. The van der Waals surface area contributed by atoms with Gasteiger partial charge in [0.05, 0.1) is 0 Å². The largest absolute Gasteiger partial charge is 0.430 e. The molecule has 0 spiro atoms. The fourth-order valence-corrected chi connectivity index (χ4v) is 2.82. The van der Waals surface area contributed by atoms with Gasteiger partial charge in [-0.3, -0.25) is 4.79 Å². The first-order valence-corrected chi connectivity index (χ1v) is 8.83. The lowest BCUT2D eigenvalue weighted by molar-refractivity contribution is 0.0943. The molecular formula is C19H19N3O2S. The van der Waals surface area contributed by atoms with Gasteiger partial charge in [0.15, 0.2) is 5.82 Å². The Balaban J connectivity index is 1.62. The van der Waals surface area contributed by atoms with Crippen LogP contribution in [0.5, 0.6) is 10.9 Å². The van der Waals surface area contributed by atoms with Crippen LogP contribution in [-0.4, -0.2) is 21.3 Å². The van der Waals surface area contributed by atoms with Crippen LogP contribution in [0.1, 0.15) is 35.6 Å². The smallest absolute Gasteiger partial charge is 0.298 e. The monoisotopic (exact) mass is 353 g/mol. The summed E-state index contributed by atoms with van der Waals surface area (Å²) in [5.74, 6) is 1.27. The van der Waals surface area contributed by atoms with Crippen LogP contribution in [-0.2, 0) is 6.42 Å². The zero-order valence-electron chi connectivity index (χ0n) is 14.1. The maximum atomic E-state index is 11.9. The van der Waals surface area contributed by atoms with Gasteiger partial charge < -0.3 is 10.1 Å². The van der Waals surface area contributed by atoms with E-state index in [9.17, 15) is 4.79 Å². The number of nitrogens with one attached hydrogen (secondary N) is 1. The second kappa shape index (κ2) is 7.90. The van der Waals surface area contributed by atoms with E-state index in [0.717, 1.165) is 11.4 Å². The van der Waals surface area contributed by atoms with Crippen LogP contribution in [0.3, 0.4) is 0 Å². The van der Waals surface area contributed by atoms with E-state index in [1.54, 1.807) is 24.3 Å². The third kappa shape index (κ3) is 4.87. The lowest BCUT2D eigenvalue weighted by Crippen LogP contribution is -2.29. The molecule has 0 unspecified atom stereocenters. The number of carbonyl (C=O) groups is 1. The summed E-state index contributed by atoms with van der Waals surface area (Å²) >= 11 is 1.22. The lowest BCUT2D eigenvalue weighted by atomic mass is 10.1. The van der Waals surface area contributed by atoms with Crippen LogP contribution in [0.15, 0.2) is 54.6 Å². The molecule has 2 aromatic carbocycles. The number of benzene rings is 2. The lowest BCUT2D eigenvalue weighted by Gasteiger charge is -2.08. The fourth-order valence-electron chi connectivity index (χ4n) is 2.25. The highest BCUT2D eigenvalue weighted by Crippen LogP contribution is 2.24. The standard InChI is InChI=1S/C19H19N3O2S/c1-13(2)20-18(23)15-8-10-16(11-9-15)24-19-21-17(22-25-19)12-14-6-4-3-5-7-14/h3-11,13H,12H2,1-2H3,(H,20,23). The number of rotatable bonds is 6. The quantitative estimate of drug-likeness (QED) is 0.726. The molecule has 0 atom stereocenters. The van der Waals surface area contributed by atoms with E-state index in [2.05, 4.69) is 14.7 Å². The van der Waals surface area contributed by atoms with E-state index >= 15 is 0 Å². The topological polar surface area (TPSA) is 64.1 Å². The third-order valence-corrected chi connectivity index (χ3v) is 4.03. The Bertz CT molecular complexity index is 829. The first kappa shape index (κ1) is 17.1. The molecule has 0 bridgehead atoms. The van der Waals surface area contributed by atoms with Gasteiger partial charge in [0, 0.05) is 29.6 Å². The van der Waals surface area contributed by atoms with E-state index in [1.165, 1.54) is 11.5 Å².